The van der Waals surface area contributed by atoms with Gasteiger partial charge in [-0.25, -0.2) is 0 Å². The van der Waals surface area contributed by atoms with Gasteiger partial charge in [-0.15, -0.1) is 0 Å². The van der Waals surface area contributed by atoms with Gasteiger partial charge in [0.25, 0.3) is 0 Å². The van der Waals surface area contributed by atoms with E-state index in [0.717, 1.165) is 5.75 Å². The Balaban J connectivity index is 3.08. The zero-order valence-corrected chi connectivity index (χ0v) is 11.1. The van der Waals surface area contributed by atoms with Gasteiger partial charge in [0.2, 0.25) is 0 Å². The molecule has 1 aromatic rings. The molecule has 0 aliphatic heterocycles. The normalized spacial score (nSPS) is 12.6. The molecule has 0 radical (unpaired) electrons. The molecule has 1 unspecified atom stereocenters. The van der Waals surface area contributed by atoms with Crippen molar-refractivity contribution >= 4 is 0 Å². The van der Waals surface area contributed by atoms with E-state index >= 15 is 0 Å². The van der Waals surface area contributed by atoms with Crippen LogP contribution >= 0.6 is 0 Å². The third-order valence-corrected chi connectivity index (χ3v) is 3.08. The van der Waals surface area contributed by atoms with Crippen LogP contribution in [0.25, 0.3) is 0 Å². The van der Waals surface area contributed by atoms with E-state index in [1.165, 1.54) is 29.5 Å². The summed E-state index contributed by atoms with van der Waals surface area (Å²) < 4.78 is 5.33. The topological polar surface area (TPSA) is 21.3 Å². The summed E-state index contributed by atoms with van der Waals surface area (Å²) in [6.07, 6.45) is 2.36. The van der Waals surface area contributed by atoms with E-state index in [1.54, 1.807) is 7.11 Å². The molecule has 0 fully saturated rings. The van der Waals surface area contributed by atoms with Crippen LogP contribution in [0.3, 0.4) is 0 Å². The first kappa shape index (κ1) is 13.0. The van der Waals surface area contributed by atoms with Crippen LogP contribution in [0.2, 0.25) is 0 Å². The molecular formula is C14H23NO. The van der Waals surface area contributed by atoms with Crippen molar-refractivity contribution in [3.8, 4) is 5.75 Å². The van der Waals surface area contributed by atoms with Crippen molar-refractivity contribution < 1.29 is 4.74 Å². The molecule has 0 aromatic heterocycles. The Morgan fingerprint density at radius 2 is 1.94 bits per heavy atom. The van der Waals surface area contributed by atoms with Crippen molar-refractivity contribution in [1.82, 2.24) is 5.32 Å². The van der Waals surface area contributed by atoms with Gasteiger partial charge in [-0.1, -0.05) is 19.4 Å². The summed E-state index contributed by atoms with van der Waals surface area (Å²) in [5, 5.41) is 3.38. The summed E-state index contributed by atoms with van der Waals surface area (Å²) in [7, 11) is 3.75. The number of benzene rings is 1. The number of nitrogens with one attached hydrogen (secondary N) is 1. The first-order chi connectivity index (χ1) is 7.63. The molecule has 1 atom stereocenters. The maximum absolute atomic E-state index is 5.33. The predicted molar refractivity (Wildman–Crippen MR) is 69.2 cm³/mol. The quantitative estimate of drug-likeness (QED) is 0.823. The molecule has 16 heavy (non-hydrogen) atoms. The van der Waals surface area contributed by atoms with E-state index in [-0.39, 0.29) is 0 Å². The highest BCUT2D eigenvalue weighted by Gasteiger charge is 2.12. The van der Waals surface area contributed by atoms with Crippen molar-refractivity contribution in [1.29, 1.82) is 0 Å². The minimum Gasteiger partial charge on any atom is -0.496 e. The van der Waals surface area contributed by atoms with Gasteiger partial charge in [0, 0.05) is 6.04 Å². The van der Waals surface area contributed by atoms with Crippen LogP contribution in [-0.2, 0) is 0 Å². The van der Waals surface area contributed by atoms with E-state index in [4.69, 9.17) is 4.74 Å². The molecule has 90 valence electrons. The van der Waals surface area contributed by atoms with Gasteiger partial charge in [0.05, 0.1) is 7.11 Å². The van der Waals surface area contributed by atoms with Crippen LogP contribution in [0.4, 0.5) is 0 Å². The monoisotopic (exact) mass is 221 g/mol. The van der Waals surface area contributed by atoms with Gasteiger partial charge in [0.15, 0.2) is 0 Å². The molecule has 0 spiro atoms. The van der Waals surface area contributed by atoms with Gasteiger partial charge < -0.3 is 10.1 Å². The number of ether oxygens (including phenoxy) is 1. The molecule has 0 saturated heterocycles. The molecule has 0 aliphatic rings. The first-order valence-electron chi connectivity index (χ1n) is 5.96. The zero-order chi connectivity index (χ0) is 12.1. The molecule has 2 heteroatoms. The molecule has 0 aliphatic carbocycles. The summed E-state index contributed by atoms with van der Waals surface area (Å²) in [6.45, 7) is 6.47. The zero-order valence-electron chi connectivity index (χ0n) is 11.1. The van der Waals surface area contributed by atoms with Crippen LogP contribution in [0.5, 0.6) is 5.75 Å². The highest BCUT2D eigenvalue weighted by Crippen LogP contribution is 2.28. The number of methoxy groups -OCH3 is 1. The highest BCUT2D eigenvalue weighted by molar-refractivity contribution is 5.42. The summed E-state index contributed by atoms with van der Waals surface area (Å²) >= 11 is 0. The Labute approximate surface area is 99.0 Å². The SMILES string of the molecule is CCCC(NC)c1cc(C)c(OC)cc1C. The summed E-state index contributed by atoms with van der Waals surface area (Å²) in [5.41, 5.74) is 3.90. The van der Waals surface area contributed by atoms with Crippen molar-refractivity contribution in [3.63, 3.8) is 0 Å². The summed E-state index contributed by atoms with van der Waals surface area (Å²) in [6, 6.07) is 4.82. The Kier molecular flexibility index (Phi) is 4.81. The standard InChI is InChI=1S/C14H23NO/c1-6-7-13(15-4)12-8-11(3)14(16-5)9-10(12)2/h8-9,13,15H,6-7H2,1-5H3. The minimum absolute atomic E-state index is 0.453. The molecule has 0 saturated carbocycles. The molecule has 0 amide bonds. The maximum atomic E-state index is 5.33. The maximum Gasteiger partial charge on any atom is 0.122 e. The van der Waals surface area contributed by atoms with Crippen LogP contribution in [0.15, 0.2) is 12.1 Å². The van der Waals surface area contributed by atoms with Crippen LogP contribution in [0.1, 0.15) is 42.5 Å². The Morgan fingerprint density at radius 1 is 1.25 bits per heavy atom. The summed E-state index contributed by atoms with van der Waals surface area (Å²) in [5.74, 6) is 0.979. The van der Waals surface area contributed by atoms with Crippen LogP contribution in [-0.4, -0.2) is 14.2 Å². The molecule has 0 bridgehead atoms. The lowest BCUT2D eigenvalue weighted by atomic mass is 9.95. The summed E-state index contributed by atoms with van der Waals surface area (Å²) in [4.78, 5) is 0. The lowest BCUT2D eigenvalue weighted by Gasteiger charge is -2.20. The molecule has 2 nitrogen and oxygen atoms in total. The Morgan fingerprint density at radius 3 is 2.44 bits per heavy atom. The second-order valence-corrected chi connectivity index (χ2v) is 4.31. The van der Waals surface area contributed by atoms with Gasteiger partial charge in [0.1, 0.15) is 5.75 Å². The van der Waals surface area contributed by atoms with E-state index in [1.807, 2.05) is 7.05 Å². The Bertz CT molecular complexity index is 347. The van der Waals surface area contributed by atoms with Gasteiger partial charge >= 0.3 is 0 Å². The molecule has 1 aromatic carbocycles. The van der Waals surface area contributed by atoms with Crippen molar-refractivity contribution in [2.45, 2.75) is 39.7 Å². The highest BCUT2D eigenvalue weighted by atomic mass is 16.5. The number of aryl methyl sites for hydroxylation is 2. The van der Waals surface area contributed by atoms with Crippen LogP contribution in [0, 0.1) is 13.8 Å². The third kappa shape index (κ3) is 2.76. The minimum atomic E-state index is 0.453. The van der Waals surface area contributed by atoms with E-state index in [9.17, 15) is 0 Å². The lowest BCUT2D eigenvalue weighted by Crippen LogP contribution is -2.17. The number of hydrogen-bond acceptors (Lipinski definition) is 2. The molecule has 1 N–H and O–H groups in total. The van der Waals surface area contributed by atoms with Gasteiger partial charge in [-0.05, 0) is 50.1 Å². The first-order valence-corrected chi connectivity index (χ1v) is 5.96. The Hall–Kier alpha value is -1.02. The molecule has 0 heterocycles. The van der Waals surface area contributed by atoms with E-state index in [2.05, 4.69) is 38.2 Å². The van der Waals surface area contributed by atoms with Gasteiger partial charge in [-0.2, -0.15) is 0 Å². The number of rotatable bonds is 5. The smallest absolute Gasteiger partial charge is 0.122 e. The average Bonchev–Trinajstić information content (AvgIpc) is 2.28. The van der Waals surface area contributed by atoms with E-state index in [0.29, 0.717) is 6.04 Å². The van der Waals surface area contributed by atoms with Crippen LogP contribution < -0.4 is 10.1 Å². The van der Waals surface area contributed by atoms with E-state index < -0.39 is 0 Å². The molecule has 1 rings (SSSR count). The average molecular weight is 221 g/mol. The second-order valence-electron chi connectivity index (χ2n) is 4.31. The van der Waals surface area contributed by atoms with Crippen molar-refractivity contribution in [2.75, 3.05) is 14.2 Å². The van der Waals surface area contributed by atoms with Gasteiger partial charge in [-0.3, -0.25) is 0 Å². The number of hydrogen-bond donors (Lipinski definition) is 1. The lowest BCUT2D eigenvalue weighted by molar-refractivity contribution is 0.410. The fourth-order valence-electron chi connectivity index (χ4n) is 2.15. The fraction of sp³-hybridized carbons (Fsp3) is 0.571. The second kappa shape index (κ2) is 5.90. The largest absolute Gasteiger partial charge is 0.496 e. The third-order valence-electron chi connectivity index (χ3n) is 3.08. The predicted octanol–water partition coefficient (Wildman–Crippen LogP) is 3.37. The van der Waals surface area contributed by atoms with Crippen molar-refractivity contribution in [3.05, 3.63) is 28.8 Å². The fourth-order valence-corrected chi connectivity index (χ4v) is 2.15. The molecular weight excluding hydrogens is 198 g/mol. The van der Waals surface area contributed by atoms with Crippen molar-refractivity contribution in [2.24, 2.45) is 0 Å².